The summed E-state index contributed by atoms with van der Waals surface area (Å²) < 4.78 is 2.02. The molecule has 108 valence electrons. The number of hydrogen-bond donors (Lipinski definition) is 1. The van der Waals surface area contributed by atoms with Gasteiger partial charge in [-0.25, -0.2) is 0 Å². The summed E-state index contributed by atoms with van der Waals surface area (Å²) in [6.45, 7) is 3.30. The number of aryl methyl sites for hydroxylation is 1. The zero-order chi connectivity index (χ0) is 13.9. The maximum atomic E-state index is 4.81. The van der Waals surface area contributed by atoms with E-state index in [0.717, 1.165) is 12.5 Å². The Bertz CT molecular complexity index is 569. The lowest BCUT2D eigenvalue weighted by molar-refractivity contribution is 0.259. The maximum Gasteiger partial charge on any atom is 0.0872 e. The molecule has 1 aliphatic carbocycles. The first-order valence-corrected chi connectivity index (χ1v) is 7.94. The second-order valence-corrected chi connectivity index (χ2v) is 6.07. The molecule has 0 bridgehead atoms. The van der Waals surface area contributed by atoms with Gasteiger partial charge in [-0.15, -0.1) is 0 Å². The second-order valence-electron chi connectivity index (χ2n) is 6.07. The Morgan fingerprint density at radius 2 is 2.15 bits per heavy atom. The highest BCUT2D eigenvalue weighted by Gasteiger charge is 2.25. The van der Waals surface area contributed by atoms with Crippen LogP contribution in [0.3, 0.4) is 0 Å². The number of nitrogens with one attached hydrogen (secondary N) is 1. The van der Waals surface area contributed by atoms with Crippen LogP contribution in [0.1, 0.15) is 50.8 Å². The Morgan fingerprint density at radius 1 is 1.35 bits per heavy atom. The van der Waals surface area contributed by atoms with Crippen molar-refractivity contribution in [3.8, 4) is 0 Å². The molecule has 0 saturated heterocycles. The molecule has 1 aromatic heterocycles. The van der Waals surface area contributed by atoms with E-state index in [1.807, 2.05) is 11.7 Å². The number of benzene rings is 1. The van der Waals surface area contributed by atoms with E-state index in [2.05, 4.69) is 36.5 Å². The lowest BCUT2D eigenvalue weighted by Crippen LogP contribution is -2.27. The van der Waals surface area contributed by atoms with Gasteiger partial charge in [-0.3, -0.25) is 4.68 Å². The quantitative estimate of drug-likeness (QED) is 0.866. The van der Waals surface area contributed by atoms with Gasteiger partial charge in [0.05, 0.1) is 17.3 Å². The summed E-state index contributed by atoms with van der Waals surface area (Å²) >= 11 is 0. The van der Waals surface area contributed by atoms with Crippen molar-refractivity contribution in [3.05, 3.63) is 30.0 Å². The van der Waals surface area contributed by atoms with Crippen LogP contribution in [0.25, 0.3) is 10.9 Å². The molecule has 0 spiro atoms. The fraction of sp³-hybridized carbons (Fsp3) is 0.588. The standard InChI is InChI=1S/C17H25N3/c1-3-11-18-15(12-13-7-6-8-13)17-14-9-4-5-10-16(14)20(2)19-17/h4-5,9-10,13,15,18H,3,6-8,11-12H2,1-2H3. The first-order chi connectivity index (χ1) is 9.79. The third-order valence-corrected chi connectivity index (χ3v) is 4.55. The number of para-hydroxylation sites is 1. The average Bonchev–Trinajstić information content (AvgIpc) is 2.75. The fourth-order valence-corrected chi connectivity index (χ4v) is 3.17. The van der Waals surface area contributed by atoms with Gasteiger partial charge in [-0.1, -0.05) is 44.4 Å². The summed E-state index contributed by atoms with van der Waals surface area (Å²) in [7, 11) is 2.05. The molecule has 0 aliphatic heterocycles. The van der Waals surface area contributed by atoms with Crippen molar-refractivity contribution >= 4 is 10.9 Å². The topological polar surface area (TPSA) is 29.9 Å². The Balaban J connectivity index is 1.90. The van der Waals surface area contributed by atoms with Crippen LogP contribution in [0, 0.1) is 5.92 Å². The molecule has 2 aromatic rings. The number of nitrogens with zero attached hydrogens (tertiary/aromatic N) is 2. The van der Waals surface area contributed by atoms with Gasteiger partial charge in [0.2, 0.25) is 0 Å². The summed E-state index contributed by atoms with van der Waals surface area (Å²) in [6.07, 6.45) is 6.62. The van der Waals surface area contributed by atoms with Crippen molar-refractivity contribution in [1.29, 1.82) is 0 Å². The zero-order valence-corrected chi connectivity index (χ0v) is 12.6. The second kappa shape index (κ2) is 5.96. The monoisotopic (exact) mass is 271 g/mol. The van der Waals surface area contributed by atoms with Crippen molar-refractivity contribution in [1.82, 2.24) is 15.1 Å². The highest BCUT2D eigenvalue weighted by atomic mass is 15.3. The average molecular weight is 271 g/mol. The van der Waals surface area contributed by atoms with Crippen LogP contribution in [-0.2, 0) is 7.05 Å². The molecule has 1 atom stereocenters. The minimum atomic E-state index is 0.409. The number of aromatic nitrogens is 2. The van der Waals surface area contributed by atoms with E-state index in [0.29, 0.717) is 6.04 Å². The molecule has 3 heteroatoms. The molecule has 1 saturated carbocycles. The molecule has 0 radical (unpaired) electrons. The fourth-order valence-electron chi connectivity index (χ4n) is 3.17. The number of rotatable bonds is 6. The Hall–Kier alpha value is -1.35. The molecule has 1 aromatic carbocycles. The summed E-state index contributed by atoms with van der Waals surface area (Å²) in [5, 5.41) is 9.83. The molecule has 1 heterocycles. The minimum Gasteiger partial charge on any atom is -0.309 e. The van der Waals surface area contributed by atoms with E-state index in [-0.39, 0.29) is 0 Å². The van der Waals surface area contributed by atoms with Crippen LogP contribution in [0.15, 0.2) is 24.3 Å². The largest absolute Gasteiger partial charge is 0.309 e. The summed E-state index contributed by atoms with van der Waals surface area (Å²) in [4.78, 5) is 0. The van der Waals surface area contributed by atoms with Gasteiger partial charge in [0.25, 0.3) is 0 Å². The van der Waals surface area contributed by atoms with Gasteiger partial charge in [0.1, 0.15) is 0 Å². The zero-order valence-electron chi connectivity index (χ0n) is 12.6. The van der Waals surface area contributed by atoms with Gasteiger partial charge in [-0.2, -0.15) is 5.10 Å². The van der Waals surface area contributed by atoms with E-state index in [9.17, 15) is 0 Å². The lowest BCUT2D eigenvalue weighted by atomic mass is 9.80. The SMILES string of the molecule is CCCNC(CC1CCC1)c1nn(C)c2ccccc12. The van der Waals surface area contributed by atoms with Crippen molar-refractivity contribution in [2.24, 2.45) is 13.0 Å². The molecular weight excluding hydrogens is 246 g/mol. The first-order valence-electron chi connectivity index (χ1n) is 7.94. The summed E-state index contributed by atoms with van der Waals surface area (Å²) in [5.74, 6) is 0.894. The van der Waals surface area contributed by atoms with E-state index in [1.54, 1.807) is 0 Å². The predicted octanol–water partition coefficient (Wildman–Crippen LogP) is 3.80. The van der Waals surface area contributed by atoms with Crippen LogP contribution >= 0.6 is 0 Å². The molecular formula is C17H25N3. The summed E-state index contributed by atoms with van der Waals surface area (Å²) in [6, 6.07) is 8.99. The maximum absolute atomic E-state index is 4.81. The van der Waals surface area contributed by atoms with Crippen LogP contribution in [0.2, 0.25) is 0 Å². The van der Waals surface area contributed by atoms with Gasteiger partial charge >= 0.3 is 0 Å². The van der Waals surface area contributed by atoms with Crippen LogP contribution < -0.4 is 5.32 Å². The number of hydrogen-bond acceptors (Lipinski definition) is 2. The predicted molar refractivity (Wildman–Crippen MR) is 83.7 cm³/mol. The van der Waals surface area contributed by atoms with Crippen molar-refractivity contribution in [3.63, 3.8) is 0 Å². The van der Waals surface area contributed by atoms with E-state index >= 15 is 0 Å². The third kappa shape index (κ3) is 2.59. The van der Waals surface area contributed by atoms with Gasteiger partial charge in [0, 0.05) is 12.4 Å². The molecule has 1 aliphatic rings. The lowest BCUT2D eigenvalue weighted by Gasteiger charge is -2.29. The van der Waals surface area contributed by atoms with Crippen LogP contribution in [-0.4, -0.2) is 16.3 Å². The molecule has 1 fully saturated rings. The highest BCUT2D eigenvalue weighted by molar-refractivity contribution is 5.82. The summed E-state index contributed by atoms with van der Waals surface area (Å²) in [5.41, 5.74) is 2.47. The molecule has 0 amide bonds. The van der Waals surface area contributed by atoms with Crippen LogP contribution in [0.4, 0.5) is 0 Å². The molecule has 20 heavy (non-hydrogen) atoms. The first kappa shape index (κ1) is 13.6. The Kier molecular flexibility index (Phi) is 4.06. The van der Waals surface area contributed by atoms with Gasteiger partial charge in [0.15, 0.2) is 0 Å². The van der Waals surface area contributed by atoms with E-state index in [4.69, 9.17) is 5.10 Å². The molecule has 1 N–H and O–H groups in total. The minimum absolute atomic E-state index is 0.409. The smallest absolute Gasteiger partial charge is 0.0872 e. The van der Waals surface area contributed by atoms with Crippen molar-refractivity contribution in [2.45, 2.75) is 45.1 Å². The Labute approximate surface area is 121 Å². The molecule has 3 rings (SSSR count). The molecule has 3 nitrogen and oxygen atoms in total. The van der Waals surface area contributed by atoms with Gasteiger partial charge in [-0.05, 0) is 31.4 Å². The number of fused-ring (bicyclic) bond motifs is 1. The normalized spacial score (nSPS) is 17.3. The van der Waals surface area contributed by atoms with E-state index in [1.165, 1.54) is 48.7 Å². The molecule has 1 unspecified atom stereocenters. The highest BCUT2D eigenvalue weighted by Crippen LogP contribution is 2.36. The Morgan fingerprint density at radius 3 is 2.85 bits per heavy atom. The van der Waals surface area contributed by atoms with Gasteiger partial charge < -0.3 is 5.32 Å². The van der Waals surface area contributed by atoms with Crippen LogP contribution in [0.5, 0.6) is 0 Å². The van der Waals surface area contributed by atoms with Crippen molar-refractivity contribution in [2.75, 3.05) is 6.54 Å². The van der Waals surface area contributed by atoms with E-state index < -0.39 is 0 Å². The third-order valence-electron chi connectivity index (χ3n) is 4.55. The van der Waals surface area contributed by atoms with Crippen molar-refractivity contribution < 1.29 is 0 Å².